The first kappa shape index (κ1) is 23.1. The van der Waals surface area contributed by atoms with Gasteiger partial charge < -0.3 is 39.6 Å². The smallest absolute Gasteiger partial charge is 0.543 e. The van der Waals surface area contributed by atoms with Crippen molar-refractivity contribution in [1.82, 2.24) is 0 Å². The van der Waals surface area contributed by atoms with E-state index in [1.807, 2.05) is 0 Å². The van der Waals surface area contributed by atoms with Gasteiger partial charge in [0.2, 0.25) is 0 Å². The fraction of sp³-hybridized carbons (Fsp3) is 0. The molecule has 0 aromatic heterocycles. The Bertz CT molecular complexity index is 177. The van der Waals surface area contributed by atoms with Gasteiger partial charge in [0.1, 0.15) is 0 Å². The summed E-state index contributed by atoms with van der Waals surface area (Å²) in [4.78, 5) is 35.7. The van der Waals surface area contributed by atoms with E-state index in [2.05, 4.69) is 0 Å². The molecule has 14 heavy (non-hydrogen) atoms. The molecule has 0 unspecified atom stereocenters. The van der Waals surface area contributed by atoms with Crippen molar-refractivity contribution < 1.29 is 73.2 Å². The number of aliphatic carboxylic acids is 4. The van der Waals surface area contributed by atoms with Crippen LogP contribution in [0.2, 0.25) is 0 Å². The molecule has 0 amide bonds. The molecular formula is C4FeNiO8. The Morgan fingerprint density at radius 1 is 0.571 bits per heavy atom. The maximum Gasteiger partial charge on any atom is 2.00 e. The maximum atomic E-state index is 8.93. The van der Waals surface area contributed by atoms with E-state index in [4.69, 9.17) is 39.6 Å². The zero-order valence-corrected chi connectivity index (χ0v) is 8.03. The van der Waals surface area contributed by atoms with Gasteiger partial charge >= 0.3 is 33.6 Å². The van der Waals surface area contributed by atoms with Gasteiger partial charge in [-0.1, -0.05) is 0 Å². The average Bonchev–Trinajstić information content (AvgIpc) is 1.88. The van der Waals surface area contributed by atoms with Gasteiger partial charge in [-0.15, -0.1) is 0 Å². The number of carboxylic acids is 4. The molecule has 10 heteroatoms. The van der Waals surface area contributed by atoms with E-state index in [0.717, 1.165) is 0 Å². The van der Waals surface area contributed by atoms with E-state index in [1.165, 1.54) is 0 Å². The maximum absolute atomic E-state index is 8.93. The van der Waals surface area contributed by atoms with Gasteiger partial charge in [-0.2, -0.15) is 0 Å². The monoisotopic (exact) mass is 290 g/mol. The van der Waals surface area contributed by atoms with Crippen LogP contribution in [0.5, 0.6) is 0 Å². The first-order chi connectivity index (χ1) is 5.29. The van der Waals surface area contributed by atoms with Crippen LogP contribution >= 0.6 is 0 Å². The quantitative estimate of drug-likeness (QED) is 0.314. The molecule has 0 aliphatic heterocycles. The van der Waals surface area contributed by atoms with E-state index in [9.17, 15) is 0 Å². The average molecular weight is 291 g/mol. The van der Waals surface area contributed by atoms with Crippen molar-refractivity contribution in [2.45, 2.75) is 0 Å². The predicted molar refractivity (Wildman–Crippen MR) is 20.0 cm³/mol. The number of carboxylic acid groups (broad SMARTS) is 4. The van der Waals surface area contributed by atoms with E-state index in [1.54, 1.807) is 0 Å². The summed E-state index contributed by atoms with van der Waals surface area (Å²) in [5, 5.41) is 35.7. The second-order valence-electron chi connectivity index (χ2n) is 1.15. The minimum Gasteiger partial charge on any atom is -0.543 e. The number of carbonyl (C=O) groups excluding carboxylic acids is 4. The van der Waals surface area contributed by atoms with E-state index in [0.29, 0.717) is 0 Å². The second-order valence-corrected chi connectivity index (χ2v) is 1.15. The fourth-order valence-corrected chi connectivity index (χ4v) is 0. The summed E-state index contributed by atoms with van der Waals surface area (Å²) in [6, 6.07) is 0. The molecule has 0 aromatic rings. The number of rotatable bonds is 0. The molecule has 0 saturated heterocycles. The molecule has 8 nitrogen and oxygen atoms in total. The third-order valence-corrected chi connectivity index (χ3v) is 0.333. The van der Waals surface area contributed by atoms with Gasteiger partial charge in [0.05, 0.1) is 23.9 Å². The topological polar surface area (TPSA) is 161 Å². The summed E-state index contributed by atoms with van der Waals surface area (Å²) in [5.41, 5.74) is 0. The predicted octanol–water partition coefficient (Wildman–Crippen LogP) is -7.03. The zero-order valence-electron chi connectivity index (χ0n) is 5.94. The standard InChI is InChI=1S/2C2H2O4.Fe.Ni/c2*3-1(4)2(5)6;;/h2*(H,3,4)(H,5,6);;/q;;2*+2/p-4. The molecule has 0 radical (unpaired) electrons. The number of hydrogen-bond acceptors (Lipinski definition) is 8. The number of carbonyl (C=O) groups is 4. The Labute approximate surface area is 97.3 Å². The molecule has 0 rings (SSSR count). The normalized spacial score (nSPS) is 6.29. The molecule has 0 aliphatic rings. The first-order valence-electron chi connectivity index (χ1n) is 2.13. The molecule has 0 fully saturated rings. The molecule has 0 spiro atoms. The van der Waals surface area contributed by atoms with Crippen molar-refractivity contribution in [3.63, 3.8) is 0 Å². The van der Waals surface area contributed by atoms with Crippen LogP contribution < -0.4 is 20.4 Å². The Morgan fingerprint density at radius 3 is 0.643 bits per heavy atom. The van der Waals surface area contributed by atoms with E-state index < -0.39 is 23.9 Å². The van der Waals surface area contributed by atoms with Crippen LogP contribution in [0.25, 0.3) is 0 Å². The summed E-state index contributed by atoms with van der Waals surface area (Å²) < 4.78 is 0. The van der Waals surface area contributed by atoms with Crippen LogP contribution in [0.4, 0.5) is 0 Å². The summed E-state index contributed by atoms with van der Waals surface area (Å²) >= 11 is 0. The van der Waals surface area contributed by atoms with Gasteiger partial charge in [-0.05, 0) is 0 Å². The zero-order chi connectivity index (χ0) is 10.3. The number of hydrogen-bond donors (Lipinski definition) is 0. The Balaban J connectivity index is -0.0000000625. The molecule has 0 aliphatic carbocycles. The third-order valence-electron chi connectivity index (χ3n) is 0.333. The molecule has 0 atom stereocenters. The summed E-state index contributed by atoms with van der Waals surface area (Å²) in [7, 11) is 0. The molecular weight excluding hydrogens is 291 g/mol. The Hall–Kier alpha value is -1.11. The van der Waals surface area contributed by atoms with E-state index in [-0.39, 0.29) is 33.6 Å². The van der Waals surface area contributed by atoms with Crippen LogP contribution in [-0.4, -0.2) is 23.9 Å². The SMILES string of the molecule is O=C([O-])C(=O)[O-].O=C([O-])C(=O)[O-].[Fe+2].[Ni+2]. The van der Waals surface area contributed by atoms with Gasteiger partial charge in [0.25, 0.3) is 0 Å². The van der Waals surface area contributed by atoms with Crippen molar-refractivity contribution in [3.05, 3.63) is 0 Å². The van der Waals surface area contributed by atoms with Crippen LogP contribution in [0.3, 0.4) is 0 Å². The largest absolute Gasteiger partial charge is 2.00 e. The molecule has 0 bridgehead atoms. The summed E-state index contributed by atoms with van der Waals surface area (Å²) in [6.07, 6.45) is 0. The van der Waals surface area contributed by atoms with Crippen molar-refractivity contribution in [2.75, 3.05) is 0 Å². The molecule has 0 saturated carbocycles. The van der Waals surface area contributed by atoms with Crippen LogP contribution in [0.1, 0.15) is 0 Å². The molecule has 0 N–H and O–H groups in total. The minimum absolute atomic E-state index is 0. The second kappa shape index (κ2) is 11.9. The molecule has 0 aromatic carbocycles. The Kier molecular flexibility index (Phi) is 19.6. The van der Waals surface area contributed by atoms with Gasteiger partial charge in [-0.3, -0.25) is 0 Å². The van der Waals surface area contributed by atoms with Gasteiger partial charge in [-0.25, -0.2) is 0 Å². The van der Waals surface area contributed by atoms with Crippen LogP contribution in [0, 0.1) is 0 Å². The summed E-state index contributed by atoms with van der Waals surface area (Å²) in [6.45, 7) is 0. The van der Waals surface area contributed by atoms with Crippen molar-refractivity contribution in [2.24, 2.45) is 0 Å². The summed E-state index contributed by atoms with van der Waals surface area (Å²) in [5.74, 6) is -8.74. The van der Waals surface area contributed by atoms with Gasteiger partial charge in [0.15, 0.2) is 0 Å². The van der Waals surface area contributed by atoms with Gasteiger partial charge in [0, 0.05) is 0 Å². The van der Waals surface area contributed by atoms with Crippen LogP contribution in [0.15, 0.2) is 0 Å². The first-order valence-corrected chi connectivity index (χ1v) is 2.13. The van der Waals surface area contributed by atoms with Crippen molar-refractivity contribution in [1.29, 1.82) is 0 Å². The van der Waals surface area contributed by atoms with Crippen molar-refractivity contribution in [3.8, 4) is 0 Å². The molecule has 0 heterocycles. The minimum atomic E-state index is -2.19. The fourth-order valence-electron chi connectivity index (χ4n) is 0. The van der Waals surface area contributed by atoms with E-state index >= 15 is 0 Å². The third kappa shape index (κ3) is 22.4. The molecule has 82 valence electrons. The van der Waals surface area contributed by atoms with Crippen molar-refractivity contribution >= 4 is 23.9 Å². The Morgan fingerprint density at radius 2 is 0.643 bits per heavy atom. The van der Waals surface area contributed by atoms with Crippen LogP contribution in [-0.2, 0) is 52.7 Å².